The zero-order valence-electron chi connectivity index (χ0n) is 14.2. The van der Waals surface area contributed by atoms with Gasteiger partial charge in [0.15, 0.2) is 0 Å². The van der Waals surface area contributed by atoms with Crippen LogP contribution in [0.3, 0.4) is 0 Å². The van der Waals surface area contributed by atoms with Crippen LogP contribution in [0.4, 0.5) is 0 Å². The summed E-state index contributed by atoms with van der Waals surface area (Å²) in [5, 5.41) is 3.78. The predicted molar refractivity (Wildman–Crippen MR) is 89.4 cm³/mol. The molecular weight excluding hydrogens is 258 g/mol. The summed E-state index contributed by atoms with van der Waals surface area (Å²) in [6.45, 7) is 12.2. The standard InChI is InChI=1S/C18H31N3/c1-5-9-16-12-21(18(6-2,7-3)14-19-16)13-17-11-8-10-15(4)20-17/h8,10-11,16,19H,5-7,9,12-14H2,1-4H3. The first-order valence-corrected chi connectivity index (χ1v) is 8.54. The van der Waals surface area contributed by atoms with Crippen molar-refractivity contribution in [2.45, 2.75) is 71.5 Å². The van der Waals surface area contributed by atoms with Crippen molar-refractivity contribution in [1.29, 1.82) is 0 Å². The first kappa shape index (κ1) is 16.4. The molecule has 0 aliphatic carbocycles. The van der Waals surface area contributed by atoms with Crippen LogP contribution in [0.1, 0.15) is 57.8 Å². The molecule has 0 amide bonds. The fraction of sp³-hybridized carbons (Fsp3) is 0.722. The van der Waals surface area contributed by atoms with Crippen molar-refractivity contribution in [2.24, 2.45) is 0 Å². The summed E-state index contributed by atoms with van der Waals surface area (Å²) in [5.74, 6) is 0. The van der Waals surface area contributed by atoms with E-state index < -0.39 is 0 Å². The van der Waals surface area contributed by atoms with Crippen molar-refractivity contribution >= 4 is 0 Å². The molecule has 0 radical (unpaired) electrons. The van der Waals surface area contributed by atoms with Crippen molar-refractivity contribution in [1.82, 2.24) is 15.2 Å². The number of hydrogen-bond donors (Lipinski definition) is 1. The maximum atomic E-state index is 4.71. The normalized spacial score (nSPS) is 22.4. The fourth-order valence-corrected chi connectivity index (χ4v) is 3.57. The molecule has 0 spiro atoms. The molecule has 1 aromatic rings. The van der Waals surface area contributed by atoms with Gasteiger partial charge in [-0.15, -0.1) is 0 Å². The van der Waals surface area contributed by atoms with Crippen LogP contribution < -0.4 is 5.32 Å². The number of aryl methyl sites for hydroxylation is 1. The quantitative estimate of drug-likeness (QED) is 0.868. The zero-order chi connectivity index (χ0) is 15.3. The van der Waals surface area contributed by atoms with Crippen LogP contribution in [0.2, 0.25) is 0 Å². The molecule has 1 fully saturated rings. The molecule has 1 saturated heterocycles. The van der Waals surface area contributed by atoms with Gasteiger partial charge in [-0.25, -0.2) is 0 Å². The number of piperazine rings is 1. The third-order valence-corrected chi connectivity index (χ3v) is 5.08. The second-order valence-corrected chi connectivity index (χ2v) is 6.45. The second-order valence-electron chi connectivity index (χ2n) is 6.45. The van der Waals surface area contributed by atoms with Crippen molar-refractivity contribution in [3.63, 3.8) is 0 Å². The van der Waals surface area contributed by atoms with Gasteiger partial charge in [-0.1, -0.05) is 33.3 Å². The van der Waals surface area contributed by atoms with Gasteiger partial charge >= 0.3 is 0 Å². The highest BCUT2D eigenvalue weighted by atomic mass is 15.3. The zero-order valence-corrected chi connectivity index (χ0v) is 14.2. The van der Waals surface area contributed by atoms with Gasteiger partial charge in [0.25, 0.3) is 0 Å². The van der Waals surface area contributed by atoms with E-state index in [2.05, 4.69) is 56.1 Å². The molecule has 0 saturated carbocycles. The van der Waals surface area contributed by atoms with Gasteiger partial charge < -0.3 is 5.32 Å². The van der Waals surface area contributed by atoms with E-state index in [1.165, 1.54) is 31.4 Å². The van der Waals surface area contributed by atoms with E-state index in [1.807, 2.05) is 0 Å². The lowest BCUT2D eigenvalue weighted by molar-refractivity contribution is 0.0218. The van der Waals surface area contributed by atoms with Crippen LogP contribution in [-0.4, -0.2) is 34.6 Å². The molecule has 118 valence electrons. The molecule has 1 aliphatic rings. The molecule has 1 atom stereocenters. The number of nitrogens with one attached hydrogen (secondary N) is 1. The maximum Gasteiger partial charge on any atom is 0.0547 e. The Morgan fingerprint density at radius 2 is 2.05 bits per heavy atom. The molecule has 21 heavy (non-hydrogen) atoms. The van der Waals surface area contributed by atoms with Gasteiger partial charge in [-0.3, -0.25) is 9.88 Å². The van der Waals surface area contributed by atoms with Gasteiger partial charge in [0, 0.05) is 36.9 Å². The average Bonchev–Trinajstić information content (AvgIpc) is 2.49. The summed E-state index contributed by atoms with van der Waals surface area (Å²) in [6.07, 6.45) is 4.91. The minimum atomic E-state index is 0.287. The Morgan fingerprint density at radius 3 is 2.67 bits per heavy atom. The molecule has 1 unspecified atom stereocenters. The molecule has 0 bridgehead atoms. The Morgan fingerprint density at radius 1 is 1.29 bits per heavy atom. The smallest absolute Gasteiger partial charge is 0.0547 e. The Kier molecular flexibility index (Phi) is 5.77. The van der Waals surface area contributed by atoms with Gasteiger partial charge in [0.05, 0.1) is 5.69 Å². The Hall–Kier alpha value is -0.930. The molecule has 1 N–H and O–H groups in total. The Balaban J connectivity index is 2.16. The van der Waals surface area contributed by atoms with Crippen molar-refractivity contribution < 1.29 is 0 Å². The van der Waals surface area contributed by atoms with E-state index in [0.29, 0.717) is 6.04 Å². The van der Waals surface area contributed by atoms with Crippen LogP contribution >= 0.6 is 0 Å². The van der Waals surface area contributed by atoms with Crippen LogP contribution in [0, 0.1) is 6.92 Å². The van der Waals surface area contributed by atoms with Crippen LogP contribution in [0.5, 0.6) is 0 Å². The third kappa shape index (κ3) is 3.83. The SMILES string of the molecule is CCCC1CN(Cc2cccc(C)n2)C(CC)(CC)CN1. The van der Waals surface area contributed by atoms with E-state index in [9.17, 15) is 0 Å². The van der Waals surface area contributed by atoms with E-state index >= 15 is 0 Å². The van der Waals surface area contributed by atoms with Gasteiger partial charge in [0.2, 0.25) is 0 Å². The average molecular weight is 289 g/mol. The molecule has 1 aromatic heterocycles. The fourth-order valence-electron chi connectivity index (χ4n) is 3.57. The van der Waals surface area contributed by atoms with Gasteiger partial charge in [0.1, 0.15) is 0 Å². The third-order valence-electron chi connectivity index (χ3n) is 5.08. The van der Waals surface area contributed by atoms with Crippen LogP contribution in [-0.2, 0) is 6.54 Å². The summed E-state index contributed by atoms with van der Waals surface area (Å²) in [7, 11) is 0. The van der Waals surface area contributed by atoms with Gasteiger partial charge in [-0.2, -0.15) is 0 Å². The summed E-state index contributed by atoms with van der Waals surface area (Å²) in [6, 6.07) is 7.00. The summed E-state index contributed by atoms with van der Waals surface area (Å²) in [5.41, 5.74) is 2.61. The van der Waals surface area contributed by atoms with Crippen molar-refractivity contribution in [3.8, 4) is 0 Å². The van der Waals surface area contributed by atoms with E-state index in [-0.39, 0.29) is 5.54 Å². The minimum Gasteiger partial charge on any atom is -0.311 e. The molecule has 3 heteroatoms. The molecule has 0 aromatic carbocycles. The highest BCUT2D eigenvalue weighted by molar-refractivity contribution is 5.11. The molecule has 3 nitrogen and oxygen atoms in total. The van der Waals surface area contributed by atoms with E-state index in [4.69, 9.17) is 4.98 Å². The first-order valence-electron chi connectivity index (χ1n) is 8.54. The largest absolute Gasteiger partial charge is 0.311 e. The monoisotopic (exact) mass is 289 g/mol. The highest BCUT2D eigenvalue weighted by Gasteiger charge is 2.38. The van der Waals surface area contributed by atoms with Crippen LogP contribution in [0.25, 0.3) is 0 Å². The minimum absolute atomic E-state index is 0.287. The lowest BCUT2D eigenvalue weighted by atomic mass is 9.86. The number of aromatic nitrogens is 1. The number of hydrogen-bond acceptors (Lipinski definition) is 3. The van der Waals surface area contributed by atoms with Crippen molar-refractivity contribution in [2.75, 3.05) is 13.1 Å². The summed E-state index contributed by atoms with van der Waals surface area (Å²) < 4.78 is 0. The Labute approximate surface area is 130 Å². The van der Waals surface area contributed by atoms with E-state index in [0.717, 1.165) is 25.3 Å². The number of rotatable bonds is 6. The number of nitrogens with zero attached hydrogens (tertiary/aromatic N) is 2. The van der Waals surface area contributed by atoms with Crippen LogP contribution in [0.15, 0.2) is 18.2 Å². The first-order chi connectivity index (χ1) is 10.1. The van der Waals surface area contributed by atoms with Crippen molar-refractivity contribution in [3.05, 3.63) is 29.6 Å². The summed E-state index contributed by atoms with van der Waals surface area (Å²) in [4.78, 5) is 7.40. The molecule has 2 rings (SSSR count). The molecule has 1 aliphatic heterocycles. The molecule has 2 heterocycles. The highest BCUT2D eigenvalue weighted by Crippen LogP contribution is 2.29. The predicted octanol–water partition coefficient (Wildman–Crippen LogP) is 3.52. The second kappa shape index (κ2) is 7.37. The lowest BCUT2D eigenvalue weighted by Gasteiger charge is -2.49. The lowest BCUT2D eigenvalue weighted by Crippen LogP contribution is -2.63. The van der Waals surface area contributed by atoms with Gasteiger partial charge in [-0.05, 0) is 38.3 Å². The number of pyridine rings is 1. The summed E-state index contributed by atoms with van der Waals surface area (Å²) >= 11 is 0. The topological polar surface area (TPSA) is 28.2 Å². The maximum absolute atomic E-state index is 4.71. The Bertz CT molecular complexity index is 440. The van der Waals surface area contributed by atoms with E-state index in [1.54, 1.807) is 0 Å². The molecular formula is C18H31N3.